The van der Waals surface area contributed by atoms with Crippen molar-refractivity contribution in [3.05, 3.63) is 23.8 Å². The fraction of sp³-hybridized carbons (Fsp3) is 0.733. The van der Waals surface area contributed by atoms with Gasteiger partial charge in [-0.05, 0) is 22.3 Å². The molecule has 1 aliphatic rings. The first-order chi connectivity index (χ1) is 7.23. The molecule has 0 aromatic heterocycles. The van der Waals surface area contributed by atoms with Crippen LogP contribution in [0, 0.1) is 5.41 Å². The van der Waals surface area contributed by atoms with Crippen molar-refractivity contribution in [2.45, 2.75) is 65.4 Å². The van der Waals surface area contributed by atoms with E-state index in [-0.39, 0.29) is 7.92 Å². The van der Waals surface area contributed by atoms with Gasteiger partial charge in [0.05, 0.1) is 0 Å². The van der Waals surface area contributed by atoms with Gasteiger partial charge in [-0.3, -0.25) is 0 Å². The SMILES string of the molecule is CC(C)P(C(C)C)C1C=CC(C(C)(C)C)=C1. The van der Waals surface area contributed by atoms with Crippen molar-refractivity contribution in [3.63, 3.8) is 0 Å². The highest BCUT2D eigenvalue weighted by molar-refractivity contribution is 7.60. The molecule has 0 spiro atoms. The Hall–Kier alpha value is -0.0900. The summed E-state index contributed by atoms with van der Waals surface area (Å²) in [6, 6.07) is 0. The molecule has 92 valence electrons. The van der Waals surface area contributed by atoms with Crippen LogP contribution in [0.25, 0.3) is 0 Å². The van der Waals surface area contributed by atoms with Crippen LogP contribution in [0.1, 0.15) is 48.5 Å². The van der Waals surface area contributed by atoms with E-state index in [4.69, 9.17) is 0 Å². The maximum atomic E-state index is 2.52. The normalized spacial score (nSPS) is 21.4. The molecule has 1 heteroatoms. The second kappa shape index (κ2) is 5.05. The van der Waals surface area contributed by atoms with Gasteiger partial charge in [-0.2, -0.15) is 0 Å². The lowest BCUT2D eigenvalue weighted by Gasteiger charge is -2.30. The molecule has 0 nitrogen and oxygen atoms in total. The molecule has 1 atom stereocenters. The minimum atomic E-state index is 0.0832. The third-order valence-corrected chi connectivity index (χ3v) is 6.62. The summed E-state index contributed by atoms with van der Waals surface area (Å²) in [5, 5.41) is 0. The summed E-state index contributed by atoms with van der Waals surface area (Å²) in [5.74, 6) is 0. The van der Waals surface area contributed by atoms with Crippen LogP contribution in [-0.4, -0.2) is 17.0 Å². The van der Waals surface area contributed by atoms with Crippen LogP contribution in [-0.2, 0) is 0 Å². The third-order valence-electron chi connectivity index (χ3n) is 3.23. The Kier molecular flexibility index (Phi) is 4.41. The van der Waals surface area contributed by atoms with Gasteiger partial charge in [0.2, 0.25) is 0 Å². The van der Waals surface area contributed by atoms with Crippen molar-refractivity contribution in [1.29, 1.82) is 0 Å². The predicted molar refractivity (Wildman–Crippen MR) is 77.7 cm³/mol. The van der Waals surface area contributed by atoms with E-state index in [2.05, 4.69) is 66.7 Å². The van der Waals surface area contributed by atoms with Crippen molar-refractivity contribution in [3.8, 4) is 0 Å². The Morgan fingerprint density at radius 2 is 1.56 bits per heavy atom. The van der Waals surface area contributed by atoms with E-state index in [1.54, 1.807) is 0 Å². The molecule has 1 unspecified atom stereocenters. The van der Waals surface area contributed by atoms with Gasteiger partial charge in [0, 0.05) is 5.66 Å². The van der Waals surface area contributed by atoms with Crippen LogP contribution in [0.2, 0.25) is 0 Å². The predicted octanol–water partition coefficient (Wildman–Crippen LogP) is 5.20. The summed E-state index contributed by atoms with van der Waals surface area (Å²) in [7, 11) is 0.0832. The topological polar surface area (TPSA) is 0 Å². The van der Waals surface area contributed by atoms with E-state index in [0.29, 0.717) is 11.1 Å². The van der Waals surface area contributed by atoms with Crippen LogP contribution in [0.5, 0.6) is 0 Å². The van der Waals surface area contributed by atoms with Crippen LogP contribution in [0.4, 0.5) is 0 Å². The van der Waals surface area contributed by atoms with Crippen LogP contribution in [0.15, 0.2) is 23.8 Å². The van der Waals surface area contributed by atoms with Crippen molar-refractivity contribution >= 4 is 7.92 Å². The zero-order valence-electron chi connectivity index (χ0n) is 11.9. The minimum absolute atomic E-state index is 0.0832. The molecule has 0 N–H and O–H groups in total. The Balaban J connectivity index is 2.86. The molecule has 0 aromatic carbocycles. The molecular weight excluding hydrogens is 211 g/mol. The van der Waals surface area contributed by atoms with E-state index >= 15 is 0 Å². The maximum absolute atomic E-state index is 2.52. The Morgan fingerprint density at radius 1 is 1.06 bits per heavy atom. The van der Waals surface area contributed by atoms with Crippen molar-refractivity contribution in [1.82, 2.24) is 0 Å². The highest BCUT2D eigenvalue weighted by atomic mass is 31.1. The van der Waals surface area contributed by atoms with Crippen molar-refractivity contribution in [2.24, 2.45) is 5.41 Å². The zero-order chi connectivity index (χ0) is 12.5. The van der Waals surface area contributed by atoms with Crippen LogP contribution in [0.3, 0.4) is 0 Å². The van der Waals surface area contributed by atoms with Gasteiger partial charge >= 0.3 is 0 Å². The van der Waals surface area contributed by atoms with Gasteiger partial charge in [-0.25, -0.2) is 0 Å². The standard InChI is InChI=1S/C15H27P/c1-11(2)16(12(3)4)14-9-8-13(10-14)15(5,6)7/h8-12,14H,1-7H3. The highest BCUT2D eigenvalue weighted by Gasteiger charge is 2.28. The van der Waals surface area contributed by atoms with E-state index in [9.17, 15) is 0 Å². The van der Waals surface area contributed by atoms with Gasteiger partial charge in [-0.1, -0.05) is 74.6 Å². The Labute approximate surface area is 103 Å². The summed E-state index contributed by atoms with van der Waals surface area (Å²) >= 11 is 0. The minimum Gasteiger partial charge on any atom is -0.0904 e. The fourth-order valence-electron chi connectivity index (χ4n) is 2.47. The molecule has 0 radical (unpaired) electrons. The van der Waals surface area contributed by atoms with Crippen LogP contribution < -0.4 is 0 Å². The molecule has 0 bridgehead atoms. The van der Waals surface area contributed by atoms with Gasteiger partial charge in [0.15, 0.2) is 0 Å². The van der Waals surface area contributed by atoms with E-state index in [0.717, 1.165) is 11.3 Å². The molecule has 1 rings (SSSR count). The Morgan fingerprint density at radius 3 is 1.88 bits per heavy atom. The molecular formula is C15H27P. The second-order valence-electron chi connectivity index (χ2n) is 6.36. The first-order valence-electron chi connectivity index (χ1n) is 6.41. The highest BCUT2D eigenvalue weighted by Crippen LogP contribution is 2.53. The molecule has 0 aromatic rings. The molecule has 0 saturated carbocycles. The first-order valence-corrected chi connectivity index (χ1v) is 7.96. The number of rotatable bonds is 3. The molecule has 0 fully saturated rings. The number of allylic oxidation sites excluding steroid dienone is 4. The van der Waals surface area contributed by atoms with Gasteiger partial charge in [0.25, 0.3) is 0 Å². The monoisotopic (exact) mass is 238 g/mol. The molecule has 16 heavy (non-hydrogen) atoms. The molecule has 1 aliphatic carbocycles. The Bertz CT molecular complexity index is 281. The first kappa shape index (κ1) is 14.0. The van der Waals surface area contributed by atoms with Crippen molar-refractivity contribution in [2.75, 3.05) is 0 Å². The van der Waals surface area contributed by atoms with E-state index in [1.807, 2.05) is 0 Å². The quantitative estimate of drug-likeness (QED) is 0.593. The lowest BCUT2D eigenvalue weighted by atomic mass is 9.87. The number of hydrogen-bond donors (Lipinski definition) is 0. The van der Waals surface area contributed by atoms with Gasteiger partial charge in [0.1, 0.15) is 0 Å². The van der Waals surface area contributed by atoms with E-state index in [1.165, 1.54) is 5.57 Å². The van der Waals surface area contributed by atoms with E-state index < -0.39 is 0 Å². The average molecular weight is 238 g/mol. The lowest BCUT2D eigenvalue weighted by Crippen LogP contribution is -2.13. The summed E-state index contributed by atoms with van der Waals surface area (Å²) in [6.07, 6.45) is 7.31. The zero-order valence-corrected chi connectivity index (χ0v) is 12.8. The summed E-state index contributed by atoms with van der Waals surface area (Å²) < 4.78 is 0. The second-order valence-corrected chi connectivity index (χ2v) is 9.91. The fourth-order valence-corrected chi connectivity index (χ4v) is 5.65. The molecule has 0 heterocycles. The summed E-state index contributed by atoms with van der Waals surface area (Å²) in [6.45, 7) is 16.4. The van der Waals surface area contributed by atoms with Gasteiger partial charge in [-0.15, -0.1) is 0 Å². The maximum Gasteiger partial charge on any atom is 0.0164 e. The number of hydrogen-bond acceptors (Lipinski definition) is 0. The third kappa shape index (κ3) is 3.20. The summed E-state index contributed by atoms with van der Waals surface area (Å²) in [5.41, 5.74) is 4.18. The average Bonchev–Trinajstić information content (AvgIpc) is 2.50. The van der Waals surface area contributed by atoms with Gasteiger partial charge < -0.3 is 0 Å². The lowest BCUT2D eigenvalue weighted by molar-refractivity contribution is 0.518. The smallest absolute Gasteiger partial charge is 0.0164 e. The molecule has 0 amide bonds. The van der Waals surface area contributed by atoms with Crippen molar-refractivity contribution < 1.29 is 0 Å². The largest absolute Gasteiger partial charge is 0.0904 e. The van der Waals surface area contributed by atoms with Crippen LogP contribution >= 0.6 is 7.92 Å². The molecule has 0 aliphatic heterocycles. The summed E-state index contributed by atoms with van der Waals surface area (Å²) in [4.78, 5) is 0. The molecule has 0 saturated heterocycles.